The third-order valence-corrected chi connectivity index (χ3v) is 3.40. The second kappa shape index (κ2) is 5.28. The predicted molar refractivity (Wildman–Crippen MR) is 70.2 cm³/mol. The Labute approximate surface area is 117 Å². The van der Waals surface area contributed by atoms with Gasteiger partial charge in [-0.05, 0) is 11.6 Å². The molecule has 2 aromatic rings. The van der Waals surface area contributed by atoms with Crippen molar-refractivity contribution in [1.29, 1.82) is 0 Å². The second-order valence-electron chi connectivity index (χ2n) is 4.19. The Morgan fingerprint density at radius 2 is 2.10 bits per heavy atom. The van der Waals surface area contributed by atoms with E-state index < -0.39 is 36.7 Å². The molecule has 0 radical (unpaired) electrons. The molecule has 112 valence electrons. The number of ether oxygens (including phenoxy) is 1. The fourth-order valence-electron chi connectivity index (χ4n) is 1.74. The van der Waals surface area contributed by atoms with Crippen LogP contribution in [0.1, 0.15) is 16.1 Å². The van der Waals surface area contributed by atoms with E-state index in [1.807, 2.05) is 0 Å². The van der Waals surface area contributed by atoms with Gasteiger partial charge in [-0.1, -0.05) is 6.07 Å². The topological polar surface area (TPSA) is 138 Å². The highest BCUT2D eigenvalue weighted by molar-refractivity contribution is 7.50. The number of carbonyl (C=O) groups excluding carboxylic acids is 1. The Hall–Kier alpha value is -2.22. The minimum absolute atomic E-state index is 0.0349. The third-order valence-electron chi connectivity index (χ3n) is 2.63. The lowest BCUT2D eigenvalue weighted by Crippen LogP contribution is -2.19. The third kappa shape index (κ3) is 3.10. The summed E-state index contributed by atoms with van der Waals surface area (Å²) in [5, 5.41) is 9.67. The number of hydrogen-bond acceptors (Lipinski definition) is 6. The SMILES string of the molecule is COC(=O)c1nc2ccc(CP(=O)(O)O)cn2c(=O)c1O. The number of hydrogen-bond donors (Lipinski definition) is 3. The van der Waals surface area contributed by atoms with Crippen LogP contribution in [0, 0.1) is 0 Å². The molecular formula is C11H11N2O7P. The summed E-state index contributed by atoms with van der Waals surface area (Å²) < 4.78 is 16.2. The Balaban J connectivity index is 2.65. The maximum atomic E-state index is 12.0. The summed E-state index contributed by atoms with van der Waals surface area (Å²) in [6.07, 6.45) is 0.583. The molecule has 9 nitrogen and oxygen atoms in total. The zero-order chi connectivity index (χ0) is 15.8. The van der Waals surface area contributed by atoms with E-state index in [0.29, 0.717) is 0 Å². The number of nitrogens with zero attached hydrogens (tertiary/aromatic N) is 2. The van der Waals surface area contributed by atoms with Crippen molar-refractivity contribution in [3.8, 4) is 5.75 Å². The summed E-state index contributed by atoms with van der Waals surface area (Å²) in [6.45, 7) is 0. The van der Waals surface area contributed by atoms with E-state index in [1.165, 1.54) is 12.1 Å². The number of aromatic hydroxyl groups is 1. The molecule has 0 unspecified atom stereocenters. The first-order chi connectivity index (χ1) is 9.73. The molecular weight excluding hydrogens is 303 g/mol. The van der Waals surface area contributed by atoms with Gasteiger partial charge in [0.2, 0.25) is 5.75 Å². The minimum Gasteiger partial charge on any atom is -0.501 e. The summed E-state index contributed by atoms with van der Waals surface area (Å²) in [5.41, 5.74) is -1.24. The number of carbonyl (C=O) groups is 1. The predicted octanol–water partition coefficient (Wildman–Crippen LogP) is -0.136. The van der Waals surface area contributed by atoms with Gasteiger partial charge < -0.3 is 19.6 Å². The summed E-state index contributed by atoms with van der Waals surface area (Å²) in [6, 6.07) is 2.66. The fourth-order valence-corrected chi connectivity index (χ4v) is 2.41. The summed E-state index contributed by atoms with van der Waals surface area (Å²) >= 11 is 0. The van der Waals surface area contributed by atoms with Gasteiger partial charge >= 0.3 is 19.1 Å². The summed E-state index contributed by atoms with van der Waals surface area (Å²) in [5.74, 6) is -1.86. The zero-order valence-electron chi connectivity index (χ0n) is 10.8. The lowest BCUT2D eigenvalue weighted by Gasteiger charge is -2.08. The monoisotopic (exact) mass is 314 g/mol. The van der Waals surface area contributed by atoms with Gasteiger partial charge in [0, 0.05) is 6.20 Å². The molecule has 0 amide bonds. The van der Waals surface area contributed by atoms with Gasteiger partial charge in [0.15, 0.2) is 5.69 Å². The highest BCUT2D eigenvalue weighted by atomic mass is 31.2. The highest BCUT2D eigenvalue weighted by Crippen LogP contribution is 2.38. The van der Waals surface area contributed by atoms with Gasteiger partial charge in [-0.25, -0.2) is 9.78 Å². The Morgan fingerprint density at radius 1 is 1.43 bits per heavy atom. The Morgan fingerprint density at radius 3 is 2.67 bits per heavy atom. The normalized spacial score (nSPS) is 11.6. The molecule has 2 aromatic heterocycles. The Bertz CT molecular complexity index is 823. The number of aromatic nitrogens is 2. The molecule has 0 saturated carbocycles. The van der Waals surface area contributed by atoms with Crippen molar-refractivity contribution in [1.82, 2.24) is 9.38 Å². The van der Waals surface area contributed by atoms with E-state index in [-0.39, 0.29) is 11.2 Å². The van der Waals surface area contributed by atoms with Gasteiger partial charge in [-0.2, -0.15) is 0 Å². The molecule has 3 N–H and O–H groups in total. The van der Waals surface area contributed by atoms with Gasteiger partial charge in [-0.15, -0.1) is 0 Å². The van der Waals surface area contributed by atoms with Gasteiger partial charge in [0.05, 0.1) is 13.3 Å². The number of pyridine rings is 1. The average Bonchev–Trinajstić information content (AvgIpc) is 2.40. The van der Waals surface area contributed by atoms with Crippen LogP contribution < -0.4 is 5.56 Å². The molecule has 0 fully saturated rings. The van der Waals surface area contributed by atoms with Crippen molar-refractivity contribution in [3.05, 3.63) is 39.9 Å². The van der Waals surface area contributed by atoms with Crippen LogP contribution in [0.25, 0.3) is 5.65 Å². The highest BCUT2D eigenvalue weighted by Gasteiger charge is 2.20. The van der Waals surface area contributed by atoms with Crippen molar-refractivity contribution < 1.29 is 29.0 Å². The van der Waals surface area contributed by atoms with Gasteiger partial charge in [-0.3, -0.25) is 13.8 Å². The molecule has 0 saturated heterocycles. The molecule has 0 aliphatic rings. The van der Waals surface area contributed by atoms with Crippen molar-refractivity contribution in [2.24, 2.45) is 0 Å². The smallest absolute Gasteiger partial charge is 0.360 e. The van der Waals surface area contributed by atoms with Crippen molar-refractivity contribution in [2.75, 3.05) is 7.11 Å². The van der Waals surface area contributed by atoms with Gasteiger partial charge in [0.25, 0.3) is 0 Å². The van der Waals surface area contributed by atoms with E-state index in [9.17, 15) is 19.3 Å². The van der Waals surface area contributed by atoms with Crippen LogP contribution in [0.15, 0.2) is 23.1 Å². The molecule has 2 heterocycles. The van der Waals surface area contributed by atoms with Crippen LogP contribution in [0.5, 0.6) is 5.75 Å². The summed E-state index contributed by atoms with van der Waals surface area (Å²) in [4.78, 5) is 45.0. The molecule has 0 aromatic carbocycles. The standard InChI is InChI=1S/C11H11N2O7P/c1-20-11(16)8-9(14)10(15)13-4-6(5-21(17,18)19)2-3-7(13)12-8/h2-4,14H,5H2,1H3,(H2,17,18,19). The van der Waals surface area contributed by atoms with E-state index in [1.54, 1.807) is 0 Å². The van der Waals surface area contributed by atoms with Crippen molar-refractivity contribution in [2.45, 2.75) is 6.16 Å². The molecule has 0 aliphatic carbocycles. The number of methoxy groups -OCH3 is 1. The van der Waals surface area contributed by atoms with Crippen LogP contribution in [0.3, 0.4) is 0 Å². The van der Waals surface area contributed by atoms with Crippen LogP contribution >= 0.6 is 7.60 Å². The maximum Gasteiger partial charge on any atom is 0.360 e. The van der Waals surface area contributed by atoms with Crippen molar-refractivity contribution in [3.63, 3.8) is 0 Å². The average molecular weight is 314 g/mol. The molecule has 21 heavy (non-hydrogen) atoms. The molecule has 0 spiro atoms. The number of rotatable bonds is 3. The van der Waals surface area contributed by atoms with E-state index in [0.717, 1.165) is 17.7 Å². The van der Waals surface area contributed by atoms with E-state index in [2.05, 4.69) is 9.72 Å². The van der Waals surface area contributed by atoms with Crippen LogP contribution in [0.2, 0.25) is 0 Å². The molecule has 10 heteroatoms. The largest absolute Gasteiger partial charge is 0.501 e. The lowest BCUT2D eigenvalue weighted by molar-refractivity contribution is 0.0590. The van der Waals surface area contributed by atoms with Crippen LogP contribution in [-0.4, -0.2) is 37.4 Å². The minimum atomic E-state index is -4.30. The van der Waals surface area contributed by atoms with Gasteiger partial charge in [0.1, 0.15) is 5.65 Å². The molecule has 0 atom stereocenters. The molecule has 0 bridgehead atoms. The van der Waals surface area contributed by atoms with Crippen LogP contribution in [-0.2, 0) is 15.5 Å². The van der Waals surface area contributed by atoms with Crippen molar-refractivity contribution >= 4 is 19.2 Å². The van der Waals surface area contributed by atoms with Crippen LogP contribution in [0.4, 0.5) is 0 Å². The number of esters is 1. The first-order valence-corrected chi connectivity index (χ1v) is 7.40. The van der Waals surface area contributed by atoms with E-state index in [4.69, 9.17) is 9.79 Å². The quantitative estimate of drug-likeness (QED) is 0.526. The second-order valence-corrected chi connectivity index (χ2v) is 5.84. The maximum absolute atomic E-state index is 12.0. The van der Waals surface area contributed by atoms with E-state index >= 15 is 0 Å². The first kappa shape index (κ1) is 15.2. The zero-order valence-corrected chi connectivity index (χ0v) is 11.6. The molecule has 0 aliphatic heterocycles. The first-order valence-electron chi connectivity index (χ1n) is 5.60. The summed E-state index contributed by atoms with van der Waals surface area (Å²) in [7, 11) is -3.22. The number of fused-ring (bicyclic) bond motifs is 1. The fraction of sp³-hybridized carbons (Fsp3) is 0.182. The lowest BCUT2D eigenvalue weighted by atomic mass is 10.3. The Kier molecular flexibility index (Phi) is 3.82. The molecule has 2 rings (SSSR count).